The van der Waals surface area contributed by atoms with Gasteiger partial charge in [-0.3, -0.25) is 0 Å². The van der Waals surface area contributed by atoms with Gasteiger partial charge in [0, 0.05) is 6.08 Å². The summed E-state index contributed by atoms with van der Waals surface area (Å²) in [5, 5.41) is 0. The van der Waals surface area contributed by atoms with Crippen molar-refractivity contribution >= 4 is 0 Å². The molecule has 0 N–H and O–H groups in total. The number of allylic oxidation sites excluding steroid dienone is 2. The Morgan fingerprint density at radius 3 is 0.850 bits per heavy atom. The van der Waals surface area contributed by atoms with Gasteiger partial charge in [-0.1, -0.05) is 6.58 Å². The molecule has 0 unspecified atom stereocenters. The summed E-state index contributed by atoms with van der Waals surface area (Å²) in [5.74, 6) is 0. The zero-order valence-corrected chi connectivity index (χ0v) is 10.6. The first-order valence-corrected chi connectivity index (χ1v) is 4.29. The van der Waals surface area contributed by atoms with Gasteiger partial charge in [0.2, 0.25) is 0 Å². The smallest absolute Gasteiger partial charge is 0.173 e. The van der Waals surface area contributed by atoms with E-state index in [0.29, 0.717) is 0 Å². The Morgan fingerprint density at radius 1 is 0.650 bits per heavy atom. The fourth-order valence-electron chi connectivity index (χ4n) is 0.124. The standard InChI is InChI=1S/C3HF5.C3H3F3.3C2H4/c4-2(5)1-3(6,7)8;1-2-3(4,5)6;3*1-2/h1H;2H,1H2;3*1-2H2. The number of hydrogen-bond acceptors (Lipinski definition) is 0. The molecule has 0 nitrogen and oxygen atoms in total. The molecule has 8 heteroatoms. The van der Waals surface area contributed by atoms with Gasteiger partial charge < -0.3 is 0 Å². The van der Waals surface area contributed by atoms with Crippen LogP contribution >= 0.6 is 0 Å². The summed E-state index contributed by atoms with van der Waals surface area (Å²) in [5.41, 5.74) is 0. The summed E-state index contributed by atoms with van der Waals surface area (Å²) in [4.78, 5) is 0. The Kier molecular flexibility index (Phi) is 30.1. The average molecular weight is 312 g/mol. The highest BCUT2D eigenvalue weighted by Gasteiger charge is 2.25. The van der Waals surface area contributed by atoms with Gasteiger partial charge in [0.05, 0.1) is 6.08 Å². The van der Waals surface area contributed by atoms with E-state index < -0.39 is 24.5 Å². The van der Waals surface area contributed by atoms with E-state index >= 15 is 0 Å². The maximum Gasteiger partial charge on any atom is 0.414 e. The number of alkyl halides is 6. The van der Waals surface area contributed by atoms with Crippen molar-refractivity contribution in [1.29, 1.82) is 0 Å². The molecule has 0 atom stereocenters. The molecular weight excluding hydrogens is 296 g/mol. The Labute approximate surface area is 113 Å². The molecule has 0 rings (SSSR count). The van der Waals surface area contributed by atoms with Crippen LogP contribution in [0.2, 0.25) is 0 Å². The van der Waals surface area contributed by atoms with Gasteiger partial charge >= 0.3 is 12.4 Å². The molecule has 0 aliphatic carbocycles. The van der Waals surface area contributed by atoms with Crippen molar-refractivity contribution in [3.05, 3.63) is 64.3 Å². The van der Waals surface area contributed by atoms with Gasteiger partial charge in [0.25, 0.3) is 6.08 Å². The van der Waals surface area contributed by atoms with Crippen LogP contribution < -0.4 is 0 Å². The van der Waals surface area contributed by atoms with E-state index in [2.05, 4.69) is 46.1 Å². The minimum atomic E-state index is -4.89. The molecule has 0 amide bonds. The average Bonchev–Trinajstić information content (AvgIpc) is 2.33. The Bertz CT molecular complexity index is 228. The highest BCUT2D eigenvalue weighted by molar-refractivity contribution is 4.87. The minimum absolute atomic E-state index is 0.0625. The normalized spacial score (nSPS) is 8.40. The second-order valence-corrected chi connectivity index (χ2v) is 1.72. The molecule has 120 valence electrons. The fourth-order valence-corrected chi connectivity index (χ4v) is 0.124. The van der Waals surface area contributed by atoms with Crippen molar-refractivity contribution < 1.29 is 35.1 Å². The first kappa shape index (κ1) is 30.9. The third-order valence-electron chi connectivity index (χ3n) is 0.504. The predicted octanol–water partition coefficient (Wildman–Crippen LogP) is 6.47. The van der Waals surface area contributed by atoms with E-state index in [4.69, 9.17) is 0 Å². The van der Waals surface area contributed by atoms with Crippen molar-refractivity contribution in [3.8, 4) is 0 Å². The van der Waals surface area contributed by atoms with E-state index in [0.717, 1.165) is 0 Å². The molecule has 0 spiro atoms. The van der Waals surface area contributed by atoms with Crippen LogP contribution in [0.25, 0.3) is 0 Å². The molecule has 20 heavy (non-hydrogen) atoms. The molecule has 0 saturated heterocycles. The van der Waals surface area contributed by atoms with Crippen molar-refractivity contribution in [2.45, 2.75) is 12.4 Å². The Hall–Kier alpha value is -1.86. The zero-order valence-electron chi connectivity index (χ0n) is 10.6. The third kappa shape index (κ3) is 98.1. The summed E-state index contributed by atoms with van der Waals surface area (Å²) in [6.45, 7) is 20.5. The Balaban J connectivity index is -0.0000000554. The quantitative estimate of drug-likeness (QED) is 0.355. The lowest BCUT2D eigenvalue weighted by Gasteiger charge is -1.93. The van der Waals surface area contributed by atoms with Crippen LogP contribution in [0, 0.1) is 0 Å². The lowest BCUT2D eigenvalue weighted by Crippen LogP contribution is -2.00. The molecule has 0 aromatic rings. The lowest BCUT2D eigenvalue weighted by atomic mass is 10.6. The van der Waals surface area contributed by atoms with Crippen LogP contribution in [0.1, 0.15) is 0 Å². The molecule has 0 heterocycles. The highest BCUT2D eigenvalue weighted by Crippen LogP contribution is 2.19. The van der Waals surface area contributed by atoms with Gasteiger partial charge in [0.1, 0.15) is 0 Å². The van der Waals surface area contributed by atoms with Crippen LogP contribution in [-0.4, -0.2) is 12.4 Å². The van der Waals surface area contributed by atoms with Gasteiger partial charge in [-0.2, -0.15) is 35.1 Å². The fraction of sp³-hybridized carbons (Fsp3) is 0.167. The summed E-state index contributed by atoms with van der Waals surface area (Å²) in [7, 11) is 0. The van der Waals surface area contributed by atoms with Crippen LogP contribution in [0.15, 0.2) is 64.3 Å². The minimum Gasteiger partial charge on any atom is -0.173 e. The van der Waals surface area contributed by atoms with Crippen molar-refractivity contribution in [3.63, 3.8) is 0 Å². The molecule has 0 saturated carbocycles. The third-order valence-corrected chi connectivity index (χ3v) is 0.504. The Morgan fingerprint density at radius 2 is 0.850 bits per heavy atom. The van der Waals surface area contributed by atoms with Crippen LogP contribution in [0.5, 0.6) is 0 Å². The predicted molar refractivity (Wildman–Crippen MR) is 66.4 cm³/mol. The van der Waals surface area contributed by atoms with Gasteiger partial charge in [-0.25, -0.2) is 0 Å². The van der Waals surface area contributed by atoms with E-state index in [1.54, 1.807) is 0 Å². The monoisotopic (exact) mass is 312 g/mol. The molecule has 0 bridgehead atoms. The van der Waals surface area contributed by atoms with E-state index in [9.17, 15) is 35.1 Å². The molecule has 0 aromatic heterocycles. The summed E-state index contributed by atoms with van der Waals surface area (Å²) in [6.07, 6.45) is -12.9. The molecule has 0 aliphatic rings. The summed E-state index contributed by atoms with van der Waals surface area (Å²) in [6, 6.07) is 0. The topological polar surface area (TPSA) is 0 Å². The summed E-state index contributed by atoms with van der Waals surface area (Å²) >= 11 is 0. The maximum absolute atomic E-state index is 10.8. The highest BCUT2D eigenvalue weighted by atomic mass is 19.4. The molecular formula is C12H16F8. The van der Waals surface area contributed by atoms with Crippen LogP contribution in [0.3, 0.4) is 0 Å². The molecule has 0 fully saturated rings. The number of hydrogen-bond donors (Lipinski definition) is 0. The zero-order chi connectivity index (χ0) is 18.0. The van der Waals surface area contributed by atoms with Crippen LogP contribution in [0.4, 0.5) is 35.1 Å². The van der Waals surface area contributed by atoms with E-state index in [-0.39, 0.29) is 6.08 Å². The van der Waals surface area contributed by atoms with E-state index in [1.165, 1.54) is 0 Å². The number of halogens is 8. The maximum atomic E-state index is 10.8. The van der Waals surface area contributed by atoms with Gasteiger partial charge in [-0.05, 0) is 0 Å². The van der Waals surface area contributed by atoms with Gasteiger partial charge in [0.15, 0.2) is 0 Å². The molecule has 0 radical (unpaired) electrons. The molecule has 0 aliphatic heterocycles. The van der Waals surface area contributed by atoms with Crippen LogP contribution in [-0.2, 0) is 0 Å². The largest absolute Gasteiger partial charge is 0.414 e. The van der Waals surface area contributed by atoms with Crippen molar-refractivity contribution in [2.75, 3.05) is 0 Å². The van der Waals surface area contributed by atoms with E-state index in [1.807, 2.05) is 0 Å². The lowest BCUT2D eigenvalue weighted by molar-refractivity contribution is -0.0829. The van der Waals surface area contributed by atoms with Gasteiger partial charge in [-0.15, -0.1) is 39.5 Å². The molecule has 0 aromatic carbocycles. The SMILES string of the molecule is C=C.C=C.C=C.C=CC(F)(F)F.FC(F)=CC(F)(F)F. The first-order chi connectivity index (χ1) is 8.98. The van der Waals surface area contributed by atoms with Crippen molar-refractivity contribution in [1.82, 2.24) is 0 Å². The number of rotatable bonds is 0. The second kappa shape index (κ2) is 19.5. The first-order valence-electron chi connectivity index (χ1n) is 4.29. The van der Waals surface area contributed by atoms with Crippen molar-refractivity contribution in [2.24, 2.45) is 0 Å². The summed E-state index contributed by atoms with van der Waals surface area (Å²) < 4.78 is 85.6. The second-order valence-electron chi connectivity index (χ2n) is 1.72.